The van der Waals surface area contributed by atoms with Crippen LogP contribution in [0.5, 0.6) is 5.75 Å². The molecule has 18 heavy (non-hydrogen) atoms. The lowest BCUT2D eigenvalue weighted by molar-refractivity contribution is -0.136. The minimum atomic E-state index is -0.0729. The molecule has 0 bridgehead atoms. The maximum absolute atomic E-state index is 9.55. The second-order valence-corrected chi connectivity index (χ2v) is 5.45. The Labute approximate surface area is 109 Å². The molecule has 0 atom stereocenters. The van der Waals surface area contributed by atoms with E-state index in [1.165, 1.54) is 22.3 Å². The Morgan fingerprint density at radius 3 is 2.39 bits per heavy atom. The van der Waals surface area contributed by atoms with Gasteiger partial charge in [-0.25, -0.2) is 0 Å². The van der Waals surface area contributed by atoms with Crippen molar-refractivity contribution in [3.05, 3.63) is 28.3 Å². The molecule has 100 valence electrons. The molecule has 2 rings (SSSR count). The van der Waals surface area contributed by atoms with Gasteiger partial charge in [-0.2, -0.15) is 0 Å². The fourth-order valence-electron chi connectivity index (χ4n) is 2.60. The molecule has 1 aromatic rings. The molecule has 3 nitrogen and oxygen atoms in total. The molecule has 1 N–H and O–H groups in total. The zero-order valence-electron chi connectivity index (χ0n) is 11.7. The number of hydrogen-bond donors (Lipinski definition) is 1. The van der Waals surface area contributed by atoms with E-state index in [4.69, 9.17) is 9.47 Å². The normalized spacial score (nSPS) is 17.4. The number of ether oxygens (including phenoxy) is 2. The summed E-state index contributed by atoms with van der Waals surface area (Å²) in [6.07, 6.45) is 0.881. The first-order chi connectivity index (χ1) is 8.53. The highest BCUT2D eigenvalue weighted by atomic mass is 16.5. The fraction of sp³-hybridized carbons (Fsp3) is 0.600. The third kappa shape index (κ3) is 2.13. The number of methoxy groups -OCH3 is 1. The van der Waals surface area contributed by atoms with Crippen LogP contribution in [-0.2, 0) is 11.2 Å². The zero-order chi connectivity index (χ0) is 13.3. The molecule has 1 heterocycles. The summed E-state index contributed by atoms with van der Waals surface area (Å²) >= 11 is 0. The smallest absolute Gasteiger partial charge is 0.122 e. The summed E-state index contributed by atoms with van der Waals surface area (Å²) in [6.45, 7) is 7.83. The summed E-state index contributed by atoms with van der Waals surface area (Å²) in [4.78, 5) is 0. The Balaban J connectivity index is 2.36. The highest BCUT2D eigenvalue weighted by Gasteiger charge is 2.38. The van der Waals surface area contributed by atoms with Gasteiger partial charge in [0, 0.05) is 5.41 Å². The summed E-state index contributed by atoms with van der Waals surface area (Å²) < 4.78 is 10.7. The largest absolute Gasteiger partial charge is 0.496 e. The molecule has 1 aliphatic heterocycles. The van der Waals surface area contributed by atoms with Gasteiger partial charge in [0.15, 0.2) is 0 Å². The maximum Gasteiger partial charge on any atom is 0.122 e. The maximum atomic E-state index is 9.55. The highest BCUT2D eigenvalue weighted by Crippen LogP contribution is 2.36. The average molecular weight is 250 g/mol. The van der Waals surface area contributed by atoms with Gasteiger partial charge in [-0.3, -0.25) is 0 Å². The van der Waals surface area contributed by atoms with Crippen molar-refractivity contribution >= 4 is 0 Å². The number of aliphatic hydroxyl groups is 1. The Morgan fingerprint density at radius 2 is 1.94 bits per heavy atom. The molecule has 0 aliphatic carbocycles. The molecular formula is C15H22O3. The van der Waals surface area contributed by atoms with Crippen LogP contribution in [-0.4, -0.2) is 32.0 Å². The monoisotopic (exact) mass is 250 g/mol. The van der Waals surface area contributed by atoms with E-state index in [1.54, 1.807) is 7.11 Å². The molecule has 1 aliphatic rings. The van der Waals surface area contributed by atoms with Crippen molar-refractivity contribution < 1.29 is 14.6 Å². The van der Waals surface area contributed by atoms with Gasteiger partial charge in [0.05, 0.1) is 26.9 Å². The first-order valence-electron chi connectivity index (χ1n) is 6.35. The van der Waals surface area contributed by atoms with Crippen molar-refractivity contribution in [2.45, 2.75) is 27.2 Å². The zero-order valence-corrected chi connectivity index (χ0v) is 11.7. The molecule has 0 unspecified atom stereocenters. The quantitative estimate of drug-likeness (QED) is 0.890. The van der Waals surface area contributed by atoms with Gasteiger partial charge in [0.25, 0.3) is 0 Å². The molecular weight excluding hydrogens is 228 g/mol. The number of rotatable bonds is 4. The standard InChI is InChI=1S/C15H22O3/c1-10-5-14(17-4)12(3)11(2)13(10)6-15(7-16)8-18-9-15/h5,16H,6-9H2,1-4H3. The Bertz CT molecular complexity index is 442. The van der Waals surface area contributed by atoms with Gasteiger partial charge >= 0.3 is 0 Å². The van der Waals surface area contributed by atoms with Crippen LogP contribution in [0.25, 0.3) is 0 Å². The SMILES string of the molecule is COc1cc(C)c(CC2(CO)COC2)c(C)c1C. The molecule has 1 aromatic carbocycles. The van der Waals surface area contributed by atoms with Gasteiger partial charge < -0.3 is 14.6 Å². The van der Waals surface area contributed by atoms with E-state index >= 15 is 0 Å². The van der Waals surface area contributed by atoms with Crippen molar-refractivity contribution in [1.29, 1.82) is 0 Å². The minimum Gasteiger partial charge on any atom is -0.496 e. The van der Waals surface area contributed by atoms with Crippen LogP contribution >= 0.6 is 0 Å². The molecule has 1 fully saturated rings. The second-order valence-electron chi connectivity index (χ2n) is 5.45. The molecule has 0 radical (unpaired) electrons. The fourth-order valence-corrected chi connectivity index (χ4v) is 2.60. The molecule has 0 aromatic heterocycles. The lowest BCUT2D eigenvalue weighted by atomic mass is 9.78. The van der Waals surface area contributed by atoms with Crippen molar-refractivity contribution in [2.75, 3.05) is 26.9 Å². The summed E-state index contributed by atoms with van der Waals surface area (Å²) in [6, 6.07) is 2.09. The molecule has 3 heteroatoms. The third-order valence-corrected chi connectivity index (χ3v) is 4.13. The van der Waals surface area contributed by atoms with Crippen LogP contribution in [0.2, 0.25) is 0 Å². The van der Waals surface area contributed by atoms with Crippen molar-refractivity contribution in [1.82, 2.24) is 0 Å². The number of hydrogen-bond acceptors (Lipinski definition) is 3. The van der Waals surface area contributed by atoms with E-state index < -0.39 is 0 Å². The first-order valence-corrected chi connectivity index (χ1v) is 6.35. The Hall–Kier alpha value is -1.06. The molecule has 0 saturated carbocycles. The van der Waals surface area contributed by atoms with Crippen LogP contribution in [0.4, 0.5) is 0 Å². The van der Waals surface area contributed by atoms with Crippen LogP contribution < -0.4 is 4.74 Å². The molecule has 0 amide bonds. The number of aryl methyl sites for hydroxylation is 1. The van der Waals surface area contributed by atoms with Crippen molar-refractivity contribution in [2.24, 2.45) is 5.41 Å². The Kier molecular flexibility index (Phi) is 3.64. The van der Waals surface area contributed by atoms with E-state index in [1.807, 2.05) is 0 Å². The summed E-state index contributed by atoms with van der Waals surface area (Å²) in [5.41, 5.74) is 4.94. The van der Waals surface area contributed by atoms with E-state index in [-0.39, 0.29) is 12.0 Å². The highest BCUT2D eigenvalue weighted by molar-refractivity contribution is 5.48. The Morgan fingerprint density at radius 1 is 1.28 bits per heavy atom. The lowest BCUT2D eigenvalue weighted by Gasteiger charge is -2.40. The third-order valence-electron chi connectivity index (χ3n) is 4.13. The molecule has 0 spiro atoms. The predicted octanol–water partition coefficient (Wildman–Crippen LogP) is 2.17. The van der Waals surface area contributed by atoms with E-state index in [0.717, 1.165) is 12.2 Å². The number of aliphatic hydroxyl groups excluding tert-OH is 1. The number of benzene rings is 1. The van der Waals surface area contributed by atoms with Crippen LogP contribution in [0, 0.1) is 26.2 Å². The summed E-state index contributed by atoms with van der Waals surface area (Å²) in [5, 5.41) is 9.55. The topological polar surface area (TPSA) is 38.7 Å². The second kappa shape index (κ2) is 4.90. The van der Waals surface area contributed by atoms with E-state index in [0.29, 0.717) is 13.2 Å². The van der Waals surface area contributed by atoms with E-state index in [9.17, 15) is 5.11 Å². The van der Waals surface area contributed by atoms with Crippen LogP contribution in [0.3, 0.4) is 0 Å². The van der Waals surface area contributed by atoms with Gasteiger partial charge in [0.2, 0.25) is 0 Å². The summed E-state index contributed by atoms with van der Waals surface area (Å²) in [5.74, 6) is 0.941. The first kappa shape index (κ1) is 13.4. The van der Waals surface area contributed by atoms with Crippen LogP contribution in [0.1, 0.15) is 22.3 Å². The summed E-state index contributed by atoms with van der Waals surface area (Å²) in [7, 11) is 1.70. The van der Waals surface area contributed by atoms with Gasteiger partial charge in [-0.1, -0.05) is 0 Å². The molecule has 1 saturated heterocycles. The van der Waals surface area contributed by atoms with Crippen molar-refractivity contribution in [3.63, 3.8) is 0 Å². The average Bonchev–Trinajstić information content (AvgIpc) is 2.32. The van der Waals surface area contributed by atoms with E-state index in [2.05, 4.69) is 26.8 Å². The van der Waals surface area contributed by atoms with Gasteiger partial charge in [-0.05, 0) is 55.5 Å². The minimum absolute atomic E-state index is 0.0729. The van der Waals surface area contributed by atoms with Crippen LogP contribution in [0.15, 0.2) is 6.07 Å². The van der Waals surface area contributed by atoms with Crippen molar-refractivity contribution in [3.8, 4) is 5.75 Å². The van der Waals surface area contributed by atoms with Gasteiger partial charge in [0.1, 0.15) is 5.75 Å². The lowest BCUT2D eigenvalue weighted by Crippen LogP contribution is -2.47. The van der Waals surface area contributed by atoms with Gasteiger partial charge in [-0.15, -0.1) is 0 Å². The predicted molar refractivity (Wildman–Crippen MR) is 71.2 cm³/mol.